The number of aryl methyl sites for hydroxylation is 1. The molecule has 2 heterocycles. The summed E-state index contributed by atoms with van der Waals surface area (Å²) >= 11 is 0. The molecule has 5 nitrogen and oxygen atoms in total. The van der Waals surface area contributed by atoms with Crippen molar-refractivity contribution in [1.82, 2.24) is 9.80 Å². The van der Waals surface area contributed by atoms with Crippen LogP contribution in [0.15, 0.2) is 48.5 Å². The Labute approximate surface area is 232 Å². The van der Waals surface area contributed by atoms with Gasteiger partial charge in [0, 0.05) is 25.6 Å². The third-order valence-electron chi connectivity index (χ3n) is 9.65. The van der Waals surface area contributed by atoms with Crippen LogP contribution in [0.3, 0.4) is 0 Å². The van der Waals surface area contributed by atoms with E-state index in [1.165, 1.54) is 31.7 Å². The van der Waals surface area contributed by atoms with Gasteiger partial charge in [0.1, 0.15) is 11.9 Å². The quantitative estimate of drug-likeness (QED) is 0.380. The Morgan fingerprint density at radius 3 is 2.54 bits per heavy atom. The molecule has 0 spiro atoms. The van der Waals surface area contributed by atoms with E-state index < -0.39 is 12.0 Å². The van der Waals surface area contributed by atoms with Gasteiger partial charge in [0.25, 0.3) is 0 Å². The van der Waals surface area contributed by atoms with Crippen LogP contribution >= 0.6 is 0 Å². The average Bonchev–Trinajstić information content (AvgIpc) is 3.32. The summed E-state index contributed by atoms with van der Waals surface area (Å²) in [5.74, 6) is 0.778. The van der Waals surface area contributed by atoms with E-state index in [1.54, 1.807) is 12.1 Å². The van der Waals surface area contributed by atoms with Gasteiger partial charge in [-0.05, 0) is 92.3 Å². The summed E-state index contributed by atoms with van der Waals surface area (Å²) in [7, 11) is 0. The molecule has 0 radical (unpaired) electrons. The average molecular weight is 532 g/mol. The predicted octanol–water partition coefficient (Wildman–Crippen LogP) is 6.09. The van der Waals surface area contributed by atoms with E-state index in [-0.39, 0.29) is 11.7 Å². The third-order valence-corrected chi connectivity index (χ3v) is 9.65. The van der Waals surface area contributed by atoms with E-state index >= 15 is 0 Å². The molecule has 2 unspecified atom stereocenters. The SMILES string of the molecule is N#Cc1ccccc1CCCC1CCN(CC2CN([C@H](CC3CCC3)C(=O)O)CC2c2cccc(F)c2)CC1. The highest BCUT2D eigenvalue weighted by Crippen LogP contribution is 2.38. The van der Waals surface area contributed by atoms with Crippen molar-refractivity contribution in [2.45, 2.75) is 69.7 Å². The molecule has 3 aliphatic rings. The van der Waals surface area contributed by atoms with Crippen molar-refractivity contribution in [3.63, 3.8) is 0 Å². The number of nitriles is 1. The van der Waals surface area contributed by atoms with Gasteiger partial charge in [-0.25, -0.2) is 4.39 Å². The Bertz CT molecular complexity index is 1150. The van der Waals surface area contributed by atoms with Crippen LogP contribution < -0.4 is 0 Å². The lowest BCUT2D eigenvalue weighted by Crippen LogP contribution is -2.43. The minimum Gasteiger partial charge on any atom is -0.480 e. The molecular formula is C33H42FN3O2. The molecule has 39 heavy (non-hydrogen) atoms. The number of hydrogen-bond donors (Lipinski definition) is 1. The molecule has 6 heteroatoms. The van der Waals surface area contributed by atoms with E-state index in [9.17, 15) is 19.6 Å². The summed E-state index contributed by atoms with van der Waals surface area (Å²) in [6, 6.07) is 16.7. The lowest BCUT2D eigenvalue weighted by atomic mass is 9.80. The summed E-state index contributed by atoms with van der Waals surface area (Å²) in [5, 5.41) is 19.4. The number of rotatable bonds is 11. The predicted molar refractivity (Wildman–Crippen MR) is 151 cm³/mol. The first-order chi connectivity index (χ1) is 19.0. The second-order valence-electron chi connectivity index (χ2n) is 12.2. The smallest absolute Gasteiger partial charge is 0.320 e. The number of hydrogen-bond acceptors (Lipinski definition) is 4. The molecule has 2 saturated heterocycles. The van der Waals surface area contributed by atoms with Crippen molar-refractivity contribution in [3.8, 4) is 6.07 Å². The molecule has 1 saturated carbocycles. The molecule has 3 fully saturated rings. The number of carbonyl (C=O) groups is 1. The number of aliphatic carboxylic acids is 1. The van der Waals surface area contributed by atoms with E-state index in [0.717, 1.165) is 75.0 Å². The summed E-state index contributed by atoms with van der Waals surface area (Å²) in [6.07, 6.45) is 9.88. The molecule has 2 aromatic rings. The zero-order chi connectivity index (χ0) is 27.2. The number of benzene rings is 2. The van der Waals surface area contributed by atoms with Gasteiger partial charge in [-0.3, -0.25) is 9.69 Å². The zero-order valence-electron chi connectivity index (χ0n) is 23.0. The number of nitrogens with zero attached hydrogens (tertiary/aromatic N) is 3. The van der Waals surface area contributed by atoms with E-state index in [4.69, 9.17) is 0 Å². The highest BCUT2D eigenvalue weighted by Gasteiger charge is 2.41. The van der Waals surface area contributed by atoms with Crippen LogP contribution in [0, 0.1) is 34.9 Å². The van der Waals surface area contributed by atoms with Gasteiger partial charge < -0.3 is 10.0 Å². The van der Waals surface area contributed by atoms with Crippen LogP contribution in [0.2, 0.25) is 0 Å². The monoisotopic (exact) mass is 531 g/mol. The van der Waals surface area contributed by atoms with E-state index in [2.05, 4.69) is 21.9 Å². The van der Waals surface area contributed by atoms with E-state index in [0.29, 0.717) is 24.3 Å². The normalized spacial score (nSPS) is 23.8. The maximum absolute atomic E-state index is 14.2. The molecule has 208 valence electrons. The van der Waals surface area contributed by atoms with Gasteiger partial charge in [0.2, 0.25) is 0 Å². The van der Waals surface area contributed by atoms with Crippen molar-refractivity contribution >= 4 is 5.97 Å². The van der Waals surface area contributed by atoms with Crippen LogP contribution in [-0.4, -0.2) is 59.6 Å². The first kappa shape index (κ1) is 27.8. The van der Waals surface area contributed by atoms with Crippen LogP contribution in [0.1, 0.15) is 74.0 Å². The molecule has 0 amide bonds. The second-order valence-corrected chi connectivity index (χ2v) is 12.2. The lowest BCUT2D eigenvalue weighted by molar-refractivity contribution is -0.144. The molecule has 2 aliphatic heterocycles. The zero-order valence-corrected chi connectivity index (χ0v) is 23.0. The van der Waals surface area contributed by atoms with Crippen LogP contribution in [-0.2, 0) is 11.2 Å². The summed E-state index contributed by atoms with van der Waals surface area (Å²) < 4.78 is 14.2. The highest BCUT2D eigenvalue weighted by molar-refractivity contribution is 5.73. The first-order valence-corrected chi connectivity index (χ1v) is 14.9. The minimum absolute atomic E-state index is 0.155. The van der Waals surface area contributed by atoms with Gasteiger partial charge in [-0.15, -0.1) is 0 Å². The van der Waals surface area contributed by atoms with Gasteiger partial charge in [-0.1, -0.05) is 56.0 Å². The maximum Gasteiger partial charge on any atom is 0.320 e. The fourth-order valence-corrected chi connectivity index (χ4v) is 7.13. The van der Waals surface area contributed by atoms with Crippen LogP contribution in [0.25, 0.3) is 0 Å². The summed E-state index contributed by atoms with van der Waals surface area (Å²) in [5.41, 5.74) is 2.95. The van der Waals surface area contributed by atoms with Crippen LogP contribution in [0.5, 0.6) is 0 Å². The van der Waals surface area contributed by atoms with Crippen molar-refractivity contribution in [1.29, 1.82) is 5.26 Å². The summed E-state index contributed by atoms with van der Waals surface area (Å²) in [6.45, 7) is 4.53. The lowest BCUT2D eigenvalue weighted by Gasteiger charge is -2.35. The molecule has 5 rings (SSSR count). The fraction of sp³-hybridized carbons (Fsp3) is 0.576. The van der Waals surface area contributed by atoms with Crippen LogP contribution in [0.4, 0.5) is 4.39 Å². The highest BCUT2D eigenvalue weighted by atomic mass is 19.1. The molecule has 3 atom stereocenters. The van der Waals surface area contributed by atoms with E-state index in [1.807, 2.05) is 24.3 Å². The molecule has 1 aliphatic carbocycles. The number of carboxylic acids is 1. The van der Waals surface area contributed by atoms with Crippen molar-refractivity contribution in [3.05, 3.63) is 71.0 Å². The standard InChI is InChI=1S/C33H42FN3O2/c34-30-13-5-12-27(19-30)31-23-37(32(33(38)39)18-25-7-3-8-25)22-29(31)21-36-16-14-24(15-17-36)6-4-11-26-9-1-2-10-28(26)20-35/h1-2,5,9-10,12-13,19,24-25,29,31-32H,3-4,6-8,11,14-18,21-23H2,(H,38,39)/t29?,31?,32-/m1/s1. The minimum atomic E-state index is -0.709. The Balaban J connectivity index is 1.17. The fourth-order valence-electron chi connectivity index (χ4n) is 7.13. The van der Waals surface area contributed by atoms with Gasteiger partial charge in [-0.2, -0.15) is 5.26 Å². The van der Waals surface area contributed by atoms with Crippen molar-refractivity contribution < 1.29 is 14.3 Å². The van der Waals surface area contributed by atoms with Crippen molar-refractivity contribution in [2.24, 2.45) is 17.8 Å². The topological polar surface area (TPSA) is 67.6 Å². The number of carboxylic acid groups (broad SMARTS) is 1. The molecule has 0 aromatic heterocycles. The second kappa shape index (κ2) is 13.1. The number of likely N-dealkylation sites (tertiary alicyclic amines) is 2. The third kappa shape index (κ3) is 7.07. The molecule has 1 N–H and O–H groups in total. The number of halogens is 1. The maximum atomic E-state index is 14.2. The first-order valence-electron chi connectivity index (χ1n) is 14.9. The largest absolute Gasteiger partial charge is 0.480 e. The Hall–Kier alpha value is -2.75. The van der Waals surface area contributed by atoms with Gasteiger partial charge >= 0.3 is 5.97 Å². The Morgan fingerprint density at radius 1 is 1.05 bits per heavy atom. The summed E-state index contributed by atoms with van der Waals surface area (Å²) in [4.78, 5) is 17.0. The van der Waals surface area contributed by atoms with Gasteiger partial charge in [0.15, 0.2) is 0 Å². The number of piperidine rings is 1. The molecule has 0 bridgehead atoms. The molecule has 2 aromatic carbocycles. The molecular weight excluding hydrogens is 489 g/mol. The van der Waals surface area contributed by atoms with Crippen molar-refractivity contribution in [2.75, 3.05) is 32.7 Å². The Kier molecular flexibility index (Phi) is 9.32. The Morgan fingerprint density at radius 2 is 1.85 bits per heavy atom. The van der Waals surface area contributed by atoms with Gasteiger partial charge in [0.05, 0.1) is 11.6 Å².